The van der Waals surface area contributed by atoms with Crippen LogP contribution in [0.15, 0.2) is 41.4 Å². The lowest BCUT2D eigenvalue weighted by Crippen LogP contribution is -2.43. The van der Waals surface area contributed by atoms with Crippen molar-refractivity contribution < 1.29 is 17.9 Å². The number of hydrogen-bond donors (Lipinski definition) is 1. The minimum absolute atomic E-state index is 0.0850. The summed E-state index contributed by atoms with van der Waals surface area (Å²) >= 11 is 6.00. The lowest BCUT2D eigenvalue weighted by Gasteiger charge is -2.34. The lowest BCUT2D eigenvalue weighted by molar-refractivity contribution is -0.119. The maximum Gasteiger partial charge on any atom is 0.264 e. The van der Waals surface area contributed by atoms with Crippen LogP contribution in [0.2, 0.25) is 5.02 Å². The number of halogens is 1. The van der Waals surface area contributed by atoms with E-state index in [4.69, 9.17) is 16.3 Å². The van der Waals surface area contributed by atoms with Gasteiger partial charge in [-0.05, 0) is 37.1 Å². The number of nitrogens with one attached hydrogen (secondary N) is 1. The summed E-state index contributed by atoms with van der Waals surface area (Å²) in [6.45, 7) is 5.81. The molecule has 0 aliphatic carbocycles. The van der Waals surface area contributed by atoms with Crippen LogP contribution < -0.4 is 14.4 Å². The second-order valence-electron chi connectivity index (χ2n) is 6.99. The van der Waals surface area contributed by atoms with E-state index in [1.54, 1.807) is 18.2 Å². The van der Waals surface area contributed by atoms with Crippen LogP contribution in [0.5, 0.6) is 5.88 Å². The fraction of sp³-hybridized carbons (Fsp3) is 0.400. The summed E-state index contributed by atoms with van der Waals surface area (Å²) in [7, 11) is -3.89. The quantitative estimate of drug-likeness (QED) is 0.735. The van der Waals surface area contributed by atoms with Crippen molar-refractivity contribution in [1.82, 2.24) is 4.98 Å². The largest absolute Gasteiger partial charge is 0.471 e. The van der Waals surface area contributed by atoms with Crippen LogP contribution in [0.1, 0.15) is 33.6 Å². The first kappa shape index (κ1) is 21.4. The summed E-state index contributed by atoms with van der Waals surface area (Å²) in [5.74, 6) is -0.102. The lowest BCUT2D eigenvalue weighted by atomic mass is 10.1. The summed E-state index contributed by atoms with van der Waals surface area (Å²) in [4.78, 5) is 16.6. The molecule has 0 unspecified atom stereocenters. The van der Waals surface area contributed by atoms with Crippen molar-refractivity contribution in [1.29, 1.82) is 0 Å². The first-order chi connectivity index (χ1) is 13.8. The number of anilines is 2. The Labute approximate surface area is 176 Å². The third-order valence-corrected chi connectivity index (χ3v) is 6.93. The maximum absolute atomic E-state index is 13.3. The van der Waals surface area contributed by atoms with Crippen molar-refractivity contribution in [3.63, 3.8) is 0 Å². The van der Waals surface area contributed by atoms with Crippen molar-refractivity contribution in [3.05, 3.63) is 41.6 Å². The van der Waals surface area contributed by atoms with Gasteiger partial charge in [0.15, 0.2) is 0 Å². The van der Waals surface area contributed by atoms with E-state index < -0.39 is 10.0 Å². The van der Waals surface area contributed by atoms with E-state index in [0.717, 1.165) is 0 Å². The van der Waals surface area contributed by atoms with E-state index in [2.05, 4.69) is 10.3 Å². The third-order valence-electron chi connectivity index (χ3n) is 4.92. The van der Waals surface area contributed by atoms with Gasteiger partial charge < -0.3 is 10.1 Å². The molecule has 1 aliphatic heterocycles. The van der Waals surface area contributed by atoms with Gasteiger partial charge in [-0.3, -0.25) is 9.10 Å². The van der Waals surface area contributed by atoms with Gasteiger partial charge in [0.2, 0.25) is 11.8 Å². The summed E-state index contributed by atoms with van der Waals surface area (Å²) in [5.41, 5.74) is 0.704. The van der Waals surface area contributed by atoms with Crippen LogP contribution in [0.4, 0.5) is 11.4 Å². The summed E-state index contributed by atoms with van der Waals surface area (Å²) in [6, 6.07) is 7.70. The Morgan fingerprint density at radius 3 is 2.79 bits per heavy atom. The number of pyridine rings is 1. The topological polar surface area (TPSA) is 88.6 Å². The number of nitrogens with zero attached hydrogens (tertiary/aromatic N) is 2. The summed E-state index contributed by atoms with van der Waals surface area (Å²) < 4.78 is 33.8. The Morgan fingerprint density at radius 1 is 1.38 bits per heavy atom. The average molecular weight is 438 g/mol. The number of carbonyl (C=O) groups is 1. The van der Waals surface area contributed by atoms with Gasteiger partial charge in [-0.15, -0.1) is 0 Å². The molecule has 1 amide bonds. The molecule has 2 heterocycles. The standard InChI is InChI=1S/C20H24ClN3O4S/c1-4-13(3)19(25)23-15-10-18-20(22-11-15)28-16(5-2)12-24(18)29(26,27)17-8-6-7-14(21)9-17/h6-11,13,16H,4-5,12H2,1-3H3,(H,23,25)/t13-,16-/m0/s1. The molecule has 2 atom stereocenters. The Hall–Kier alpha value is -2.32. The zero-order chi connectivity index (χ0) is 21.2. The zero-order valence-electron chi connectivity index (χ0n) is 16.6. The predicted molar refractivity (Wildman–Crippen MR) is 113 cm³/mol. The van der Waals surface area contributed by atoms with Gasteiger partial charge in [-0.1, -0.05) is 38.4 Å². The summed E-state index contributed by atoms with van der Waals surface area (Å²) in [5, 5.41) is 3.12. The normalized spacial score (nSPS) is 17.2. The van der Waals surface area contributed by atoms with Crippen molar-refractivity contribution in [2.45, 2.75) is 44.6 Å². The second kappa shape index (κ2) is 8.59. The summed E-state index contributed by atoms with van der Waals surface area (Å²) in [6.07, 6.45) is 2.46. The number of aromatic nitrogens is 1. The monoisotopic (exact) mass is 437 g/mol. The van der Waals surface area contributed by atoms with E-state index in [1.165, 1.54) is 22.6 Å². The smallest absolute Gasteiger partial charge is 0.264 e. The van der Waals surface area contributed by atoms with Gasteiger partial charge in [0.1, 0.15) is 11.8 Å². The minimum atomic E-state index is -3.89. The number of sulfonamides is 1. The first-order valence-corrected chi connectivity index (χ1v) is 11.3. The molecule has 2 aromatic rings. The van der Waals surface area contributed by atoms with E-state index >= 15 is 0 Å². The van der Waals surface area contributed by atoms with Crippen molar-refractivity contribution in [2.75, 3.05) is 16.2 Å². The SMILES string of the molecule is CC[C@H]1CN(S(=O)(=O)c2cccc(Cl)c2)c2cc(NC(=O)[C@@H](C)CC)cnc2O1. The number of ether oxygens (including phenoxy) is 1. The molecule has 0 fully saturated rings. The van der Waals surface area contributed by atoms with Gasteiger partial charge in [0, 0.05) is 10.9 Å². The average Bonchev–Trinajstić information content (AvgIpc) is 2.72. The number of carbonyl (C=O) groups excluding carboxylic acids is 1. The van der Waals surface area contributed by atoms with Crippen molar-refractivity contribution >= 4 is 38.9 Å². The Morgan fingerprint density at radius 2 is 2.14 bits per heavy atom. The zero-order valence-corrected chi connectivity index (χ0v) is 18.1. The Bertz CT molecular complexity index is 1010. The van der Waals surface area contributed by atoms with E-state index in [9.17, 15) is 13.2 Å². The molecule has 156 valence electrons. The van der Waals surface area contributed by atoms with Crippen LogP contribution in [0.3, 0.4) is 0 Å². The highest BCUT2D eigenvalue weighted by Gasteiger charge is 2.35. The second-order valence-corrected chi connectivity index (χ2v) is 9.29. The highest BCUT2D eigenvalue weighted by Crippen LogP contribution is 2.38. The predicted octanol–water partition coefficient (Wildman–Crippen LogP) is 4.09. The van der Waals surface area contributed by atoms with E-state index in [-0.39, 0.29) is 40.9 Å². The Balaban J connectivity index is 2.03. The molecule has 0 saturated carbocycles. The number of benzene rings is 1. The molecular weight excluding hydrogens is 414 g/mol. The molecule has 1 aromatic carbocycles. The van der Waals surface area contributed by atoms with Gasteiger partial charge in [-0.25, -0.2) is 13.4 Å². The van der Waals surface area contributed by atoms with Crippen LogP contribution in [-0.4, -0.2) is 32.0 Å². The molecule has 0 bridgehead atoms. The number of hydrogen-bond acceptors (Lipinski definition) is 5. The van der Waals surface area contributed by atoms with E-state index in [1.807, 2.05) is 20.8 Å². The number of fused-ring (bicyclic) bond motifs is 1. The highest BCUT2D eigenvalue weighted by molar-refractivity contribution is 7.92. The molecule has 29 heavy (non-hydrogen) atoms. The highest BCUT2D eigenvalue weighted by atomic mass is 35.5. The molecule has 0 saturated heterocycles. The number of rotatable bonds is 6. The van der Waals surface area contributed by atoms with Crippen LogP contribution in [0, 0.1) is 5.92 Å². The molecule has 1 N–H and O–H groups in total. The van der Waals surface area contributed by atoms with Crippen molar-refractivity contribution in [3.8, 4) is 5.88 Å². The van der Waals surface area contributed by atoms with Crippen LogP contribution in [-0.2, 0) is 14.8 Å². The maximum atomic E-state index is 13.3. The van der Waals surface area contributed by atoms with E-state index in [0.29, 0.717) is 23.6 Å². The number of amides is 1. The van der Waals surface area contributed by atoms with Crippen LogP contribution >= 0.6 is 11.6 Å². The van der Waals surface area contributed by atoms with Gasteiger partial charge >= 0.3 is 0 Å². The van der Waals surface area contributed by atoms with Gasteiger partial charge in [-0.2, -0.15) is 0 Å². The van der Waals surface area contributed by atoms with Crippen LogP contribution in [0.25, 0.3) is 0 Å². The molecule has 3 rings (SSSR count). The molecular formula is C20H24ClN3O4S. The molecule has 0 spiro atoms. The minimum Gasteiger partial charge on any atom is -0.471 e. The fourth-order valence-corrected chi connectivity index (χ4v) is 4.69. The molecule has 1 aromatic heterocycles. The fourth-order valence-electron chi connectivity index (χ4n) is 2.90. The van der Waals surface area contributed by atoms with Gasteiger partial charge in [0.05, 0.1) is 23.3 Å². The molecule has 0 radical (unpaired) electrons. The first-order valence-electron chi connectivity index (χ1n) is 9.52. The Kier molecular flexibility index (Phi) is 6.33. The molecule has 1 aliphatic rings. The third kappa shape index (κ3) is 4.48. The molecule has 9 heteroatoms. The van der Waals surface area contributed by atoms with Crippen molar-refractivity contribution in [2.24, 2.45) is 5.92 Å². The van der Waals surface area contributed by atoms with Gasteiger partial charge in [0.25, 0.3) is 10.0 Å². The molecule has 7 nitrogen and oxygen atoms in total.